The van der Waals surface area contributed by atoms with Crippen molar-refractivity contribution in [3.63, 3.8) is 0 Å². The zero-order valence-electron chi connectivity index (χ0n) is 14.7. The van der Waals surface area contributed by atoms with Crippen molar-refractivity contribution in [2.75, 3.05) is 26.9 Å². The Morgan fingerprint density at radius 3 is 2.75 bits per heavy atom. The first-order chi connectivity index (χ1) is 11.5. The first kappa shape index (κ1) is 20.3. The predicted molar refractivity (Wildman–Crippen MR) is 96.9 cm³/mol. The molecule has 0 aliphatic carbocycles. The van der Waals surface area contributed by atoms with E-state index in [2.05, 4.69) is 5.32 Å². The summed E-state index contributed by atoms with van der Waals surface area (Å²) in [6, 6.07) is 3.51. The maximum Gasteiger partial charge on any atom is 0.244 e. The van der Waals surface area contributed by atoms with Gasteiger partial charge in [0.05, 0.1) is 24.8 Å². The topological polar surface area (TPSA) is 56.8 Å². The lowest BCUT2D eigenvalue weighted by atomic mass is 10.2. The smallest absolute Gasteiger partial charge is 0.244 e. The Morgan fingerprint density at radius 1 is 1.38 bits per heavy atom. The Balaban J connectivity index is 2.58. The third kappa shape index (κ3) is 7.23. The fraction of sp³-hybridized carbons (Fsp3) is 0.500. The quantitative estimate of drug-likeness (QED) is 0.513. The molecule has 0 saturated carbocycles. The summed E-state index contributed by atoms with van der Waals surface area (Å²) in [7, 11) is 1.54. The van der Waals surface area contributed by atoms with Crippen molar-refractivity contribution in [2.24, 2.45) is 0 Å². The van der Waals surface area contributed by atoms with Gasteiger partial charge in [-0.25, -0.2) is 0 Å². The number of hydrogen-bond acceptors (Lipinski definition) is 4. The van der Waals surface area contributed by atoms with E-state index >= 15 is 0 Å². The molecular weight excluding hydrogens is 330 g/mol. The average molecular weight is 356 g/mol. The van der Waals surface area contributed by atoms with E-state index in [-0.39, 0.29) is 12.0 Å². The maximum absolute atomic E-state index is 11.8. The van der Waals surface area contributed by atoms with Crippen molar-refractivity contribution in [1.29, 1.82) is 0 Å². The summed E-state index contributed by atoms with van der Waals surface area (Å²) in [6.45, 7) is 7.55. The van der Waals surface area contributed by atoms with Gasteiger partial charge in [0.2, 0.25) is 5.91 Å². The van der Waals surface area contributed by atoms with Crippen molar-refractivity contribution >= 4 is 23.6 Å². The van der Waals surface area contributed by atoms with Crippen LogP contribution in [0.3, 0.4) is 0 Å². The summed E-state index contributed by atoms with van der Waals surface area (Å²) in [5.41, 5.74) is 0.766. The molecule has 6 heteroatoms. The van der Waals surface area contributed by atoms with E-state index < -0.39 is 0 Å². The van der Waals surface area contributed by atoms with Crippen molar-refractivity contribution in [3.05, 3.63) is 28.8 Å². The fourth-order valence-electron chi connectivity index (χ4n) is 1.98. The zero-order chi connectivity index (χ0) is 17.9. The second-order valence-electron chi connectivity index (χ2n) is 5.36. The molecule has 0 unspecified atom stereocenters. The van der Waals surface area contributed by atoms with Crippen LogP contribution in [-0.2, 0) is 9.53 Å². The molecule has 24 heavy (non-hydrogen) atoms. The third-order valence-corrected chi connectivity index (χ3v) is 3.32. The van der Waals surface area contributed by atoms with E-state index in [1.165, 1.54) is 13.2 Å². The Kier molecular flexibility index (Phi) is 9.27. The van der Waals surface area contributed by atoms with Crippen molar-refractivity contribution in [1.82, 2.24) is 5.32 Å². The van der Waals surface area contributed by atoms with Crippen LogP contribution < -0.4 is 14.8 Å². The van der Waals surface area contributed by atoms with Crippen LogP contribution in [-0.4, -0.2) is 38.9 Å². The molecule has 1 amide bonds. The van der Waals surface area contributed by atoms with E-state index in [0.29, 0.717) is 36.3 Å². The number of hydrogen-bond donors (Lipinski definition) is 1. The highest BCUT2D eigenvalue weighted by atomic mass is 35.5. The summed E-state index contributed by atoms with van der Waals surface area (Å²) in [5, 5.41) is 3.25. The van der Waals surface area contributed by atoms with Gasteiger partial charge < -0.3 is 19.5 Å². The average Bonchev–Trinajstić information content (AvgIpc) is 2.52. The first-order valence-corrected chi connectivity index (χ1v) is 8.43. The van der Waals surface area contributed by atoms with Crippen molar-refractivity contribution < 1.29 is 19.0 Å². The van der Waals surface area contributed by atoms with Crippen molar-refractivity contribution in [2.45, 2.75) is 33.3 Å². The van der Waals surface area contributed by atoms with E-state index in [9.17, 15) is 4.79 Å². The molecule has 0 bridgehead atoms. The minimum atomic E-state index is -0.163. The van der Waals surface area contributed by atoms with Crippen LogP contribution in [0, 0.1) is 0 Å². The first-order valence-electron chi connectivity index (χ1n) is 8.05. The molecule has 0 saturated heterocycles. The molecule has 134 valence electrons. The lowest BCUT2D eigenvalue weighted by Crippen LogP contribution is -2.23. The van der Waals surface area contributed by atoms with E-state index in [1.807, 2.05) is 20.8 Å². The number of methoxy groups -OCH3 is 1. The van der Waals surface area contributed by atoms with E-state index in [4.69, 9.17) is 25.8 Å². The molecule has 0 heterocycles. The van der Waals surface area contributed by atoms with Gasteiger partial charge in [-0.3, -0.25) is 4.79 Å². The van der Waals surface area contributed by atoms with Crippen molar-refractivity contribution in [3.8, 4) is 11.5 Å². The molecule has 0 fully saturated rings. The highest BCUT2D eigenvalue weighted by Crippen LogP contribution is 2.36. The predicted octanol–water partition coefficient (Wildman–Crippen LogP) is 3.69. The fourth-order valence-corrected chi connectivity index (χ4v) is 2.28. The second-order valence-corrected chi connectivity index (χ2v) is 5.77. The molecule has 0 aromatic heterocycles. The van der Waals surface area contributed by atoms with Crippen LogP contribution in [0.1, 0.15) is 32.8 Å². The van der Waals surface area contributed by atoms with Gasteiger partial charge in [0.25, 0.3) is 0 Å². The van der Waals surface area contributed by atoms with Gasteiger partial charge in [0.1, 0.15) is 0 Å². The normalized spacial score (nSPS) is 11.1. The summed E-state index contributed by atoms with van der Waals surface area (Å²) in [5.74, 6) is 0.883. The minimum Gasteiger partial charge on any atom is -0.491 e. The monoisotopic (exact) mass is 355 g/mol. The number of carbonyl (C=O) groups is 1. The number of amides is 1. The Hall–Kier alpha value is -1.72. The Morgan fingerprint density at radius 2 is 2.12 bits per heavy atom. The molecular formula is C18H26ClNO4. The molecule has 1 N–H and O–H groups in total. The SMILES string of the molecule is CCOc1cc(/C=C/C(=O)NCCCOC(C)C)cc(Cl)c1OC. The number of benzene rings is 1. The van der Waals surface area contributed by atoms with Crippen LogP contribution in [0.25, 0.3) is 6.08 Å². The van der Waals surface area contributed by atoms with Gasteiger partial charge in [-0.1, -0.05) is 11.6 Å². The summed E-state index contributed by atoms with van der Waals surface area (Å²) in [6.07, 6.45) is 4.14. The van der Waals surface area contributed by atoms with E-state index in [1.54, 1.807) is 18.2 Å². The van der Waals surface area contributed by atoms with Crippen LogP contribution >= 0.6 is 11.6 Å². The summed E-state index contributed by atoms with van der Waals surface area (Å²) >= 11 is 6.18. The van der Waals surface area contributed by atoms with Crippen LogP contribution in [0.2, 0.25) is 5.02 Å². The van der Waals surface area contributed by atoms with Gasteiger partial charge in [-0.15, -0.1) is 0 Å². The number of carbonyl (C=O) groups excluding carboxylic acids is 1. The molecule has 0 aliphatic rings. The Bertz CT molecular complexity index is 558. The van der Waals surface area contributed by atoms with Gasteiger partial charge >= 0.3 is 0 Å². The third-order valence-electron chi connectivity index (χ3n) is 3.03. The standard InChI is InChI=1S/C18H26ClNO4/c1-5-23-16-12-14(11-15(19)18(16)22-4)7-8-17(21)20-9-6-10-24-13(2)3/h7-8,11-13H,5-6,9-10H2,1-4H3,(H,20,21)/b8-7+. The number of rotatable bonds is 10. The van der Waals surface area contributed by atoms with Gasteiger partial charge in [-0.2, -0.15) is 0 Å². The number of nitrogens with one attached hydrogen (secondary N) is 1. The molecule has 0 radical (unpaired) electrons. The molecule has 0 aliphatic heterocycles. The zero-order valence-corrected chi connectivity index (χ0v) is 15.5. The lowest BCUT2D eigenvalue weighted by Gasteiger charge is -2.11. The lowest BCUT2D eigenvalue weighted by molar-refractivity contribution is -0.116. The molecule has 0 spiro atoms. The molecule has 0 atom stereocenters. The van der Waals surface area contributed by atoms with Crippen LogP contribution in [0.15, 0.2) is 18.2 Å². The summed E-state index contributed by atoms with van der Waals surface area (Å²) in [4.78, 5) is 11.8. The second kappa shape index (κ2) is 10.9. The Labute approximate surface area is 148 Å². The van der Waals surface area contributed by atoms with Crippen LogP contribution in [0.5, 0.6) is 11.5 Å². The van der Waals surface area contributed by atoms with Gasteiger partial charge in [0, 0.05) is 19.2 Å². The molecule has 1 aromatic rings. The number of halogens is 1. The maximum atomic E-state index is 11.8. The minimum absolute atomic E-state index is 0.163. The largest absolute Gasteiger partial charge is 0.491 e. The summed E-state index contributed by atoms with van der Waals surface area (Å²) < 4.78 is 16.2. The van der Waals surface area contributed by atoms with Crippen LogP contribution in [0.4, 0.5) is 0 Å². The highest BCUT2D eigenvalue weighted by Gasteiger charge is 2.10. The number of ether oxygens (including phenoxy) is 3. The molecule has 1 aromatic carbocycles. The van der Waals surface area contributed by atoms with Gasteiger partial charge in [-0.05, 0) is 51.0 Å². The molecule has 1 rings (SSSR count). The van der Waals surface area contributed by atoms with E-state index in [0.717, 1.165) is 12.0 Å². The molecule has 5 nitrogen and oxygen atoms in total. The van der Waals surface area contributed by atoms with Gasteiger partial charge in [0.15, 0.2) is 11.5 Å². The highest BCUT2D eigenvalue weighted by molar-refractivity contribution is 6.32.